The van der Waals surface area contributed by atoms with Crippen molar-refractivity contribution in [3.63, 3.8) is 0 Å². The molecule has 1 heterocycles. The van der Waals surface area contributed by atoms with E-state index in [1.807, 2.05) is 0 Å². The first kappa shape index (κ1) is 20.6. The number of benzene rings is 2. The van der Waals surface area contributed by atoms with E-state index >= 15 is 0 Å². The van der Waals surface area contributed by atoms with Crippen LogP contribution in [0.1, 0.15) is 27.9 Å². The molecule has 1 N–H and O–H groups in total. The van der Waals surface area contributed by atoms with Crippen LogP contribution in [0.2, 0.25) is 0 Å². The van der Waals surface area contributed by atoms with Crippen molar-refractivity contribution in [3.8, 4) is 0 Å². The Balaban J connectivity index is 1.49. The summed E-state index contributed by atoms with van der Waals surface area (Å²) in [6.07, 6.45) is -2.25. The third-order valence-corrected chi connectivity index (χ3v) is 4.42. The van der Waals surface area contributed by atoms with Crippen molar-refractivity contribution in [1.29, 1.82) is 0 Å². The first-order valence-corrected chi connectivity index (χ1v) is 8.96. The lowest BCUT2D eigenvalue weighted by Gasteiger charge is -2.26. The predicted molar refractivity (Wildman–Crippen MR) is 99.4 cm³/mol. The van der Waals surface area contributed by atoms with Crippen LogP contribution in [-0.2, 0) is 22.4 Å². The van der Waals surface area contributed by atoms with E-state index < -0.39 is 23.4 Å². The molecule has 0 bridgehead atoms. The van der Waals surface area contributed by atoms with Crippen molar-refractivity contribution in [2.45, 2.75) is 19.2 Å². The second-order valence-electron chi connectivity index (χ2n) is 6.51. The maximum Gasteiger partial charge on any atom is 0.416 e. The Morgan fingerprint density at radius 3 is 2.48 bits per heavy atom. The average molecular weight is 404 g/mol. The summed E-state index contributed by atoms with van der Waals surface area (Å²) in [4.78, 5) is 31.3. The molecular weight excluding hydrogens is 385 g/mol. The molecule has 29 heavy (non-hydrogen) atoms. The van der Waals surface area contributed by atoms with Gasteiger partial charge in [-0.15, -0.1) is 0 Å². The van der Waals surface area contributed by atoms with Crippen molar-refractivity contribution in [2.24, 2.45) is 0 Å². The number of hydrogen-bond donors (Lipinski definition) is 1. The second kappa shape index (κ2) is 8.91. The number of ketones is 1. The largest absolute Gasteiger partial charge is 0.416 e. The van der Waals surface area contributed by atoms with Gasteiger partial charge in [0, 0.05) is 30.8 Å². The number of carbonyl (C=O) groups excluding carboxylic acids is 2. The van der Waals surface area contributed by atoms with Gasteiger partial charge in [0.05, 0.1) is 12.2 Å². The Hall–Kier alpha value is -3.13. The highest BCUT2D eigenvalue weighted by molar-refractivity contribution is 6.42. The summed E-state index contributed by atoms with van der Waals surface area (Å²) < 4.78 is 38.2. The third kappa shape index (κ3) is 5.45. The molecule has 8 heteroatoms. The van der Waals surface area contributed by atoms with Gasteiger partial charge in [-0.2, -0.15) is 13.2 Å². The maximum atomic E-state index is 12.7. The van der Waals surface area contributed by atoms with Gasteiger partial charge in [-0.1, -0.05) is 42.5 Å². The lowest BCUT2D eigenvalue weighted by atomic mass is 10.1. The first-order chi connectivity index (χ1) is 13.8. The number of Topliss-reactive ketones (excluding diaryl/α,β-unsaturated/α-hetero) is 1. The summed E-state index contributed by atoms with van der Waals surface area (Å²) in [5.41, 5.74) is 3.40. The Morgan fingerprint density at radius 2 is 1.83 bits per heavy atom. The summed E-state index contributed by atoms with van der Waals surface area (Å²) in [5, 5.41) is 0. The topological polar surface area (TPSA) is 58.6 Å². The molecule has 2 aromatic carbocycles. The van der Waals surface area contributed by atoms with Gasteiger partial charge in [0.2, 0.25) is 5.78 Å². The second-order valence-corrected chi connectivity index (χ2v) is 6.51. The number of halogens is 3. The molecular formula is C21H19F3N2O3. The standard InChI is InChI=1S/C21H19F3N2O3/c22-21(23,24)17-8-4-5-15(13-17)14-29-25-18-9-11-26(12-10-18)20(28)19(27)16-6-2-1-3-7-16/h1-9,13,25H,10-12,14H2. The van der Waals surface area contributed by atoms with E-state index in [0.717, 1.165) is 12.1 Å². The molecule has 0 atom stereocenters. The minimum atomic E-state index is -4.40. The highest BCUT2D eigenvalue weighted by atomic mass is 19.4. The van der Waals surface area contributed by atoms with Crippen molar-refractivity contribution < 1.29 is 27.6 Å². The normalized spacial score (nSPS) is 14.3. The van der Waals surface area contributed by atoms with Crippen LogP contribution in [0.4, 0.5) is 13.2 Å². The van der Waals surface area contributed by atoms with Gasteiger partial charge in [0.1, 0.15) is 0 Å². The Kier molecular flexibility index (Phi) is 6.33. The van der Waals surface area contributed by atoms with Crippen LogP contribution < -0.4 is 5.48 Å². The van der Waals surface area contributed by atoms with Gasteiger partial charge < -0.3 is 4.90 Å². The van der Waals surface area contributed by atoms with Crippen molar-refractivity contribution in [3.05, 3.63) is 83.1 Å². The predicted octanol–water partition coefficient (Wildman–Crippen LogP) is 3.73. The Bertz CT molecular complexity index is 911. The fourth-order valence-corrected chi connectivity index (χ4v) is 2.85. The van der Waals surface area contributed by atoms with Gasteiger partial charge >= 0.3 is 6.18 Å². The molecule has 3 rings (SSSR count). The third-order valence-electron chi connectivity index (χ3n) is 4.42. The van der Waals surface area contributed by atoms with Crippen LogP contribution in [0.3, 0.4) is 0 Å². The number of hydroxylamine groups is 1. The number of nitrogens with one attached hydrogen (secondary N) is 1. The van der Waals surface area contributed by atoms with Crippen LogP contribution in [0, 0.1) is 0 Å². The molecule has 1 aliphatic rings. The van der Waals surface area contributed by atoms with Gasteiger partial charge in [-0.05, 0) is 23.8 Å². The van der Waals surface area contributed by atoms with Gasteiger partial charge in [0.15, 0.2) is 0 Å². The maximum absolute atomic E-state index is 12.7. The molecule has 0 saturated heterocycles. The molecule has 0 spiro atoms. The van der Waals surface area contributed by atoms with Crippen LogP contribution >= 0.6 is 0 Å². The van der Waals surface area contributed by atoms with Crippen molar-refractivity contribution in [1.82, 2.24) is 10.4 Å². The molecule has 152 valence electrons. The molecule has 1 aliphatic heterocycles. The molecule has 0 unspecified atom stereocenters. The summed E-state index contributed by atoms with van der Waals surface area (Å²) in [6.45, 7) is 0.534. The van der Waals surface area contributed by atoms with Crippen LogP contribution in [0.15, 0.2) is 66.4 Å². The Morgan fingerprint density at radius 1 is 1.07 bits per heavy atom. The number of amides is 1. The van der Waals surface area contributed by atoms with E-state index in [0.29, 0.717) is 29.8 Å². The molecule has 0 aromatic heterocycles. The highest BCUT2D eigenvalue weighted by Crippen LogP contribution is 2.29. The zero-order chi connectivity index (χ0) is 20.9. The smallest absolute Gasteiger partial charge is 0.332 e. The van der Waals surface area contributed by atoms with Crippen LogP contribution in [0.25, 0.3) is 0 Å². The summed E-state index contributed by atoms with van der Waals surface area (Å²) in [5.74, 6) is -1.13. The number of rotatable bonds is 6. The number of hydrogen-bond acceptors (Lipinski definition) is 4. The average Bonchev–Trinajstić information content (AvgIpc) is 2.73. The Labute approximate surface area is 165 Å². The lowest BCUT2D eigenvalue weighted by Crippen LogP contribution is -2.40. The molecule has 2 aromatic rings. The number of alkyl halides is 3. The minimum absolute atomic E-state index is 0.0452. The van der Waals surface area contributed by atoms with E-state index in [9.17, 15) is 22.8 Å². The van der Waals surface area contributed by atoms with Gasteiger partial charge in [0.25, 0.3) is 5.91 Å². The highest BCUT2D eigenvalue weighted by Gasteiger charge is 2.30. The van der Waals surface area contributed by atoms with Gasteiger partial charge in [-0.3, -0.25) is 19.9 Å². The fraction of sp³-hybridized carbons (Fsp3) is 0.238. The summed E-state index contributed by atoms with van der Waals surface area (Å²) in [7, 11) is 0. The zero-order valence-corrected chi connectivity index (χ0v) is 15.4. The molecule has 5 nitrogen and oxygen atoms in total. The minimum Gasteiger partial charge on any atom is -0.332 e. The summed E-state index contributed by atoms with van der Waals surface area (Å²) >= 11 is 0. The molecule has 0 aliphatic carbocycles. The van der Waals surface area contributed by atoms with Crippen LogP contribution in [0.5, 0.6) is 0 Å². The van der Waals surface area contributed by atoms with E-state index in [-0.39, 0.29) is 13.2 Å². The molecule has 1 amide bonds. The molecule has 0 fully saturated rings. The molecule has 0 radical (unpaired) electrons. The lowest BCUT2D eigenvalue weighted by molar-refractivity contribution is -0.137. The monoisotopic (exact) mass is 404 g/mol. The van der Waals surface area contributed by atoms with Gasteiger partial charge in [-0.25, -0.2) is 0 Å². The van der Waals surface area contributed by atoms with E-state index in [1.165, 1.54) is 11.0 Å². The SMILES string of the molecule is O=C(C(=O)N1CC=C(NOCc2cccc(C(F)(F)F)c2)CC1)c1ccccc1. The van der Waals surface area contributed by atoms with E-state index in [1.54, 1.807) is 42.5 Å². The number of nitrogens with zero attached hydrogens (tertiary/aromatic N) is 1. The van der Waals surface area contributed by atoms with Crippen molar-refractivity contribution >= 4 is 11.7 Å². The first-order valence-electron chi connectivity index (χ1n) is 8.96. The van der Waals surface area contributed by atoms with E-state index in [4.69, 9.17) is 4.84 Å². The van der Waals surface area contributed by atoms with Crippen molar-refractivity contribution in [2.75, 3.05) is 13.1 Å². The molecule has 0 saturated carbocycles. The zero-order valence-electron chi connectivity index (χ0n) is 15.4. The summed E-state index contributed by atoms with van der Waals surface area (Å²) in [6, 6.07) is 13.2. The quantitative estimate of drug-likeness (QED) is 0.453. The van der Waals surface area contributed by atoms with E-state index in [2.05, 4.69) is 5.48 Å². The fourth-order valence-electron chi connectivity index (χ4n) is 2.85. The van der Waals surface area contributed by atoms with Crippen LogP contribution in [-0.4, -0.2) is 29.7 Å². The number of carbonyl (C=O) groups is 2.